The first-order valence-corrected chi connectivity index (χ1v) is 8.53. The average Bonchev–Trinajstić information content (AvgIpc) is 3.26. The molecule has 1 aliphatic carbocycles. The number of benzene rings is 2. The first kappa shape index (κ1) is 14.9. The molecule has 24 heavy (non-hydrogen) atoms. The summed E-state index contributed by atoms with van der Waals surface area (Å²) in [5, 5.41) is 5.57. The Labute approximate surface area is 141 Å². The Balaban J connectivity index is 1.29. The number of amides is 1. The van der Waals surface area contributed by atoms with Crippen LogP contribution in [0.1, 0.15) is 24.3 Å². The van der Waals surface area contributed by atoms with Crippen molar-refractivity contribution < 1.29 is 4.79 Å². The summed E-state index contributed by atoms with van der Waals surface area (Å²) < 4.78 is 2.03. The van der Waals surface area contributed by atoms with Crippen LogP contribution in [0, 0.1) is 5.92 Å². The number of carbonyl (C=O) groups is 1. The molecule has 1 fully saturated rings. The van der Waals surface area contributed by atoms with Gasteiger partial charge in [0.1, 0.15) is 0 Å². The highest BCUT2D eigenvalue weighted by atomic mass is 16.2. The molecule has 2 atom stereocenters. The summed E-state index contributed by atoms with van der Waals surface area (Å²) in [4.78, 5) is 16.3. The second-order valence-corrected chi connectivity index (χ2v) is 6.50. The van der Waals surface area contributed by atoms with Crippen molar-refractivity contribution in [1.29, 1.82) is 0 Å². The molecule has 3 aromatic rings. The van der Waals surface area contributed by atoms with Crippen LogP contribution in [-0.4, -0.2) is 22.0 Å². The second-order valence-electron chi connectivity index (χ2n) is 6.50. The van der Waals surface area contributed by atoms with Crippen LogP contribution in [0.5, 0.6) is 0 Å². The van der Waals surface area contributed by atoms with Crippen molar-refractivity contribution in [3.8, 4) is 0 Å². The van der Waals surface area contributed by atoms with Crippen molar-refractivity contribution >= 4 is 16.7 Å². The van der Waals surface area contributed by atoms with Gasteiger partial charge in [0.15, 0.2) is 0 Å². The lowest BCUT2D eigenvalue weighted by atomic mass is 10.0. The van der Waals surface area contributed by atoms with Gasteiger partial charge in [-0.25, -0.2) is 4.98 Å². The van der Waals surface area contributed by atoms with E-state index in [0.717, 1.165) is 25.9 Å². The average molecular weight is 319 g/mol. The number of hydrogen-bond acceptors (Lipinski definition) is 2. The smallest absolute Gasteiger partial charge is 0.223 e. The molecule has 4 nitrogen and oxygen atoms in total. The molecule has 1 saturated carbocycles. The molecule has 1 aliphatic rings. The first-order chi connectivity index (χ1) is 11.8. The van der Waals surface area contributed by atoms with Crippen LogP contribution in [0.4, 0.5) is 0 Å². The van der Waals surface area contributed by atoms with E-state index in [-0.39, 0.29) is 11.8 Å². The van der Waals surface area contributed by atoms with Crippen molar-refractivity contribution in [2.45, 2.75) is 25.3 Å². The van der Waals surface area contributed by atoms with Crippen molar-refractivity contribution in [3.05, 3.63) is 66.7 Å². The zero-order chi connectivity index (χ0) is 16.4. The highest BCUT2D eigenvalue weighted by Gasteiger charge is 2.43. The first-order valence-electron chi connectivity index (χ1n) is 8.53. The van der Waals surface area contributed by atoms with E-state index < -0.39 is 0 Å². The number of carbonyl (C=O) groups excluding carboxylic acids is 1. The van der Waals surface area contributed by atoms with Crippen LogP contribution in [0.3, 0.4) is 0 Å². The molecule has 1 heterocycles. The van der Waals surface area contributed by atoms with Gasteiger partial charge in [-0.3, -0.25) is 4.79 Å². The van der Waals surface area contributed by atoms with Gasteiger partial charge >= 0.3 is 0 Å². The van der Waals surface area contributed by atoms with Gasteiger partial charge in [-0.1, -0.05) is 42.5 Å². The third-order valence-electron chi connectivity index (χ3n) is 4.78. The zero-order valence-corrected chi connectivity index (χ0v) is 13.6. The van der Waals surface area contributed by atoms with E-state index in [1.807, 2.05) is 10.8 Å². The third-order valence-corrected chi connectivity index (χ3v) is 4.78. The molecular formula is C20H21N3O. The number of aryl methyl sites for hydroxylation is 1. The Morgan fingerprint density at radius 2 is 2.08 bits per heavy atom. The fourth-order valence-electron chi connectivity index (χ4n) is 3.31. The maximum Gasteiger partial charge on any atom is 0.223 e. The molecule has 1 aromatic heterocycles. The van der Waals surface area contributed by atoms with E-state index in [1.165, 1.54) is 16.3 Å². The van der Waals surface area contributed by atoms with E-state index in [0.29, 0.717) is 5.92 Å². The molecule has 2 aromatic carbocycles. The van der Waals surface area contributed by atoms with Gasteiger partial charge in [-0.2, -0.15) is 0 Å². The van der Waals surface area contributed by atoms with Gasteiger partial charge in [0.05, 0.1) is 6.33 Å². The minimum Gasteiger partial charge on any atom is -0.356 e. The standard InChI is InChI=1S/C20H21N3O/c24-20(22-8-3-10-23-11-9-21-14-23)19-13-18(19)17-7-6-15-4-1-2-5-16(15)12-17/h1-2,4-7,9,11-12,14,18-19H,3,8,10,13H2,(H,22,24)/t18-,19+/m0/s1. The molecule has 1 N–H and O–H groups in total. The minimum absolute atomic E-state index is 0.138. The lowest BCUT2D eigenvalue weighted by Crippen LogP contribution is -2.27. The van der Waals surface area contributed by atoms with Gasteiger partial charge in [-0.05, 0) is 35.1 Å². The molecule has 1 amide bonds. The number of nitrogens with zero attached hydrogens (tertiary/aromatic N) is 2. The summed E-state index contributed by atoms with van der Waals surface area (Å²) in [6.07, 6.45) is 7.41. The molecule has 4 heteroatoms. The maximum atomic E-state index is 12.3. The highest BCUT2D eigenvalue weighted by Crippen LogP contribution is 2.48. The molecular weight excluding hydrogens is 298 g/mol. The van der Waals surface area contributed by atoms with Crippen LogP contribution < -0.4 is 5.32 Å². The van der Waals surface area contributed by atoms with E-state index in [9.17, 15) is 4.79 Å². The SMILES string of the molecule is O=C(NCCCn1ccnc1)[C@@H]1C[C@H]1c1ccc2ccccc2c1. The van der Waals surface area contributed by atoms with Crippen LogP contribution in [-0.2, 0) is 11.3 Å². The Morgan fingerprint density at radius 1 is 1.21 bits per heavy atom. The van der Waals surface area contributed by atoms with E-state index >= 15 is 0 Å². The Bertz CT molecular complexity index is 841. The third kappa shape index (κ3) is 3.18. The van der Waals surface area contributed by atoms with Crippen LogP contribution in [0.2, 0.25) is 0 Å². The lowest BCUT2D eigenvalue weighted by Gasteiger charge is -2.06. The van der Waals surface area contributed by atoms with Crippen molar-refractivity contribution in [2.75, 3.05) is 6.54 Å². The lowest BCUT2D eigenvalue weighted by molar-refractivity contribution is -0.122. The summed E-state index contributed by atoms with van der Waals surface area (Å²) in [6, 6.07) is 14.9. The van der Waals surface area contributed by atoms with Crippen molar-refractivity contribution in [1.82, 2.24) is 14.9 Å². The predicted molar refractivity (Wildman–Crippen MR) is 94.6 cm³/mol. The largest absolute Gasteiger partial charge is 0.356 e. The Kier molecular flexibility index (Phi) is 4.03. The normalized spacial score (nSPS) is 19.3. The monoisotopic (exact) mass is 319 g/mol. The van der Waals surface area contributed by atoms with Gasteiger partial charge in [-0.15, -0.1) is 0 Å². The molecule has 0 aliphatic heterocycles. The Morgan fingerprint density at radius 3 is 2.92 bits per heavy atom. The van der Waals surface area contributed by atoms with Crippen LogP contribution in [0.25, 0.3) is 10.8 Å². The van der Waals surface area contributed by atoms with Crippen molar-refractivity contribution in [3.63, 3.8) is 0 Å². The number of imidazole rings is 1. The topological polar surface area (TPSA) is 46.9 Å². The summed E-state index contributed by atoms with van der Waals surface area (Å²) in [5.74, 6) is 0.710. The molecule has 0 unspecified atom stereocenters. The second kappa shape index (κ2) is 6.48. The number of fused-ring (bicyclic) bond motifs is 1. The summed E-state index contributed by atoms with van der Waals surface area (Å²) in [5.41, 5.74) is 1.28. The van der Waals surface area contributed by atoms with E-state index in [4.69, 9.17) is 0 Å². The van der Waals surface area contributed by atoms with E-state index in [2.05, 4.69) is 52.8 Å². The number of aromatic nitrogens is 2. The maximum absolute atomic E-state index is 12.3. The molecule has 4 rings (SSSR count). The quantitative estimate of drug-likeness (QED) is 0.708. The van der Waals surface area contributed by atoms with Crippen LogP contribution in [0.15, 0.2) is 61.2 Å². The number of hydrogen-bond donors (Lipinski definition) is 1. The highest BCUT2D eigenvalue weighted by molar-refractivity contribution is 5.85. The number of nitrogens with one attached hydrogen (secondary N) is 1. The fourth-order valence-corrected chi connectivity index (χ4v) is 3.31. The molecule has 0 radical (unpaired) electrons. The fraction of sp³-hybridized carbons (Fsp3) is 0.300. The summed E-state index contributed by atoms with van der Waals surface area (Å²) in [6.45, 7) is 1.61. The van der Waals surface area contributed by atoms with Gasteiger partial charge in [0, 0.05) is 31.4 Å². The van der Waals surface area contributed by atoms with Crippen molar-refractivity contribution in [2.24, 2.45) is 5.92 Å². The van der Waals surface area contributed by atoms with E-state index in [1.54, 1.807) is 12.5 Å². The molecule has 0 spiro atoms. The Hall–Kier alpha value is -2.62. The van der Waals surface area contributed by atoms with Gasteiger partial charge < -0.3 is 9.88 Å². The van der Waals surface area contributed by atoms with Crippen LogP contribution >= 0.6 is 0 Å². The predicted octanol–water partition coefficient (Wildman–Crippen LogP) is 3.35. The molecule has 122 valence electrons. The summed E-state index contributed by atoms with van der Waals surface area (Å²) in [7, 11) is 0. The number of rotatable bonds is 6. The molecule has 0 saturated heterocycles. The molecule has 0 bridgehead atoms. The summed E-state index contributed by atoms with van der Waals surface area (Å²) >= 11 is 0. The minimum atomic E-state index is 0.138. The van der Waals surface area contributed by atoms with Gasteiger partial charge in [0.25, 0.3) is 0 Å². The zero-order valence-electron chi connectivity index (χ0n) is 13.6. The van der Waals surface area contributed by atoms with Gasteiger partial charge in [0.2, 0.25) is 5.91 Å².